The van der Waals surface area contributed by atoms with Crippen LogP contribution in [0.2, 0.25) is 0 Å². The van der Waals surface area contributed by atoms with Gasteiger partial charge in [-0.25, -0.2) is 0 Å². The summed E-state index contributed by atoms with van der Waals surface area (Å²) >= 11 is 0. The number of allylic oxidation sites excluding steroid dienone is 3. The first-order chi connectivity index (χ1) is 10.8. The third-order valence-corrected chi connectivity index (χ3v) is 7.59. The van der Waals surface area contributed by atoms with Crippen LogP contribution in [0.1, 0.15) is 65.7 Å². The molecule has 3 rings (SSSR count). The summed E-state index contributed by atoms with van der Waals surface area (Å²) in [5.74, 6) is 1.05. The quantitative estimate of drug-likeness (QED) is 0.511. The first-order valence-corrected chi connectivity index (χ1v) is 9.20. The Morgan fingerprint density at radius 2 is 2.04 bits per heavy atom. The molecule has 0 N–H and O–H groups in total. The van der Waals surface area contributed by atoms with Gasteiger partial charge in [-0.3, -0.25) is 4.79 Å². The SMILES string of the molecule is C=C[C@]1(C)CC[C@@H]2C(=CC[C@@H]3[C@]2(C)CCC[C@@]3(C)C(=O)OC)C1. The largest absolute Gasteiger partial charge is 0.469 e. The van der Waals surface area contributed by atoms with Gasteiger partial charge >= 0.3 is 5.97 Å². The Labute approximate surface area is 141 Å². The normalized spacial score (nSPS) is 46.2. The number of fused-ring (bicyclic) bond motifs is 3. The summed E-state index contributed by atoms with van der Waals surface area (Å²) in [6.07, 6.45) is 12.6. The number of ether oxygens (including phenoxy) is 1. The summed E-state index contributed by atoms with van der Waals surface area (Å²) in [4.78, 5) is 12.5. The number of carbonyl (C=O) groups is 1. The minimum Gasteiger partial charge on any atom is -0.469 e. The van der Waals surface area contributed by atoms with Crippen LogP contribution in [-0.2, 0) is 9.53 Å². The smallest absolute Gasteiger partial charge is 0.311 e. The van der Waals surface area contributed by atoms with Gasteiger partial charge < -0.3 is 4.74 Å². The third kappa shape index (κ3) is 2.40. The first kappa shape index (κ1) is 16.8. The molecule has 0 aromatic heterocycles. The molecule has 3 aliphatic carbocycles. The number of methoxy groups -OCH3 is 1. The van der Waals surface area contributed by atoms with Crippen LogP contribution in [0.5, 0.6) is 0 Å². The van der Waals surface area contributed by atoms with Crippen molar-refractivity contribution in [2.45, 2.75) is 65.7 Å². The highest BCUT2D eigenvalue weighted by atomic mass is 16.5. The Hall–Kier alpha value is -1.05. The molecule has 23 heavy (non-hydrogen) atoms. The molecule has 0 aliphatic heterocycles. The number of hydrogen-bond donors (Lipinski definition) is 0. The monoisotopic (exact) mass is 316 g/mol. The van der Waals surface area contributed by atoms with Crippen LogP contribution in [0, 0.1) is 28.1 Å². The fourth-order valence-corrected chi connectivity index (χ4v) is 6.09. The molecule has 2 nitrogen and oxygen atoms in total. The van der Waals surface area contributed by atoms with E-state index in [1.54, 1.807) is 12.7 Å². The second kappa shape index (κ2) is 5.50. The van der Waals surface area contributed by atoms with Gasteiger partial charge in [0.2, 0.25) is 0 Å². The van der Waals surface area contributed by atoms with E-state index in [0.717, 1.165) is 25.7 Å². The van der Waals surface area contributed by atoms with Gasteiger partial charge in [0.25, 0.3) is 0 Å². The molecule has 0 unspecified atom stereocenters. The van der Waals surface area contributed by atoms with Crippen molar-refractivity contribution in [2.24, 2.45) is 28.1 Å². The topological polar surface area (TPSA) is 26.3 Å². The lowest BCUT2D eigenvalue weighted by atomic mass is 9.45. The third-order valence-electron chi connectivity index (χ3n) is 7.59. The molecule has 0 spiro atoms. The Bertz CT molecular complexity index is 548. The second-order valence-electron chi connectivity index (χ2n) is 8.96. The Morgan fingerprint density at radius 1 is 1.30 bits per heavy atom. The van der Waals surface area contributed by atoms with Crippen LogP contribution in [-0.4, -0.2) is 13.1 Å². The van der Waals surface area contributed by atoms with E-state index in [2.05, 4.69) is 39.5 Å². The molecule has 0 saturated heterocycles. The van der Waals surface area contributed by atoms with Crippen molar-refractivity contribution >= 4 is 5.97 Å². The molecule has 0 radical (unpaired) electrons. The lowest BCUT2D eigenvalue weighted by Gasteiger charge is -2.58. The molecule has 2 saturated carbocycles. The van der Waals surface area contributed by atoms with Crippen molar-refractivity contribution in [3.63, 3.8) is 0 Å². The first-order valence-electron chi connectivity index (χ1n) is 9.20. The lowest BCUT2D eigenvalue weighted by molar-refractivity contribution is -0.166. The Morgan fingerprint density at radius 3 is 2.70 bits per heavy atom. The minimum atomic E-state index is -0.317. The van der Waals surface area contributed by atoms with Gasteiger partial charge in [-0.15, -0.1) is 6.58 Å². The van der Waals surface area contributed by atoms with Crippen molar-refractivity contribution in [1.29, 1.82) is 0 Å². The summed E-state index contributed by atoms with van der Waals surface area (Å²) in [6.45, 7) is 11.0. The van der Waals surface area contributed by atoms with Gasteiger partial charge in [0.15, 0.2) is 0 Å². The van der Waals surface area contributed by atoms with E-state index >= 15 is 0 Å². The highest BCUT2D eigenvalue weighted by molar-refractivity contribution is 5.77. The predicted octanol–water partition coefficient (Wildman–Crippen LogP) is 5.29. The molecule has 2 heteroatoms. The molecular weight excluding hydrogens is 284 g/mol. The van der Waals surface area contributed by atoms with Crippen molar-refractivity contribution in [1.82, 2.24) is 0 Å². The standard InChI is InChI=1S/C21H32O2/c1-6-19(2)13-10-16-15(14-19)8-9-17-20(16,3)11-7-12-21(17,4)18(22)23-5/h6,8,16-17H,1,7,9-14H2,2-5H3/t16-,17-,19-,20-,21-/m1/s1. The highest BCUT2D eigenvalue weighted by Crippen LogP contribution is 2.63. The highest BCUT2D eigenvalue weighted by Gasteiger charge is 2.58. The number of esters is 1. The molecular formula is C21H32O2. The van der Waals surface area contributed by atoms with Gasteiger partial charge in [-0.1, -0.05) is 38.0 Å². The molecule has 0 aromatic rings. The number of rotatable bonds is 2. The zero-order valence-corrected chi connectivity index (χ0v) is 15.3. The number of carbonyl (C=O) groups excluding carboxylic acids is 1. The zero-order chi connectivity index (χ0) is 16.9. The van der Waals surface area contributed by atoms with Crippen molar-refractivity contribution in [3.8, 4) is 0 Å². The van der Waals surface area contributed by atoms with Crippen LogP contribution in [0.25, 0.3) is 0 Å². The van der Waals surface area contributed by atoms with Crippen molar-refractivity contribution in [2.75, 3.05) is 7.11 Å². The summed E-state index contributed by atoms with van der Waals surface area (Å²) in [5.41, 5.74) is 1.81. The van der Waals surface area contributed by atoms with E-state index in [1.807, 2.05) is 0 Å². The molecule has 5 atom stereocenters. The van der Waals surface area contributed by atoms with Crippen LogP contribution in [0.3, 0.4) is 0 Å². The van der Waals surface area contributed by atoms with E-state index in [9.17, 15) is 4.79 Å². The molecule has 0 heterocycles. The summed E-state index contributed by atoms with van der Waals surface area (Å²) < 4.78 is 5.20. The Balaban J connectivity index is 1.97. The zero-order valence-electron chi connectivity index (χ0n) is 15.3. The van der Waals surface area contributed by atoms with Gasteiger partial charge in [0.05, 0.1) is 12.5 Å². The molecule has 128 valence electrons. The van der Waals surface area contributed by atoms with Crippen LogP contribution < -0.4 is 0 Å². The summed E-state index contributed by atoms with van der Waals surface area (Å²) in [7, 11) is 1.54. The average molecular weight is 316 g/mol. The number of hydrogen-bond acceptors (Lipinski definition) is 2. The maximum Gasteiger partial charge on any atom is 0.311 e. The van der Waals surface area contributed by atoms with Gasteiger partial charge in [-0.05, 0) is 68.1 Å². The molecule has 3 aliphatic rings. The summed E-state index contributed by atoms with van der Waals surface area (Å²) in [6, 6.07) is 0. The fourth-order valence-electron chi connectivity index (χ4n) is 6.09. The maximum absolute atomic E-state index is 12.5. The van der Waals surface area contributed by atoms with Crippen LogP contribution in [0.15, 0.2) is 24.3 Å². The van der Waals surface area contributed by atoms with Crippen molar-refractivity contribution in [3.05, 3.63) is 24.3 Å². The molecule has 0 aromatic carbocycles. The van der Waals surface area contributed by atoms with Crippen LogP contribution in [0.4, 0.5) is 0 Å². The van der Waals surface area contributed by atoms with Crippen molar-refractivity contribution < 1.29 is 9.53 Å². The maximum atomic E-state index is 12.5. The molecule has 0 bridgehead atoms. The fraction of sp³-hybridized carbons (Fsp3) is 0.762. The van der Waals surface area contributed by atoms with Gasteiger partial charge in [0.1, 0.15) is 0 Å². The van der Waals surface area contributed by atoms with Gasteiger partial charge in [0, 0.05) is 0 Å². The van der Waals surface area contributed by atoms with E-state index in [4.69, 9.17) is 4.74 Å². The van der Waals surface area contributed by atoms with Crippen LogP contribution >= 0.6 is 0 Å². The van der Waals surface area contributed by atoms with Gasteiger partial charge in [-0.2, -0.15) is 0 Å². The summed E-state index contributed by atoms with van der Waals surface area (Å²) in [5, 5.41) is 0. The minimum absolute atomic E-state index is 0.00276. The Kier molecular flexibility index (Phi) is 4.01. The molecule has 0 amide bonds. The lowest BCUT2D eigenvalue weighted by Crippen LogP contribution is -2.54. The molecule has 2 fully saturated rings. The predicted molar refractivity (Wildman–Crippen MR) is 93.9 cm³/mol. The van der Waals surface area contributed by atoms with E-state index in [0.29, 0.717) is 11.8 Å². The second-order valence-corrected chi connectivity index (χ2v) is 8.96. The van der Waals surface area contributed by atoms with E-state index in [-0.39, 0.29) is 22.2 Å². The van der Waals surface area contributed by atoms with E-state index in [1.165, 1.54) is 19.3 Å². The van der Waals surface area contributed by atoms with E-state index < -0.39 is 0 Å². The average Bonchev–Trinajstić information content (AvgIpc) is 2.53.